The molecule has 6 heteroatoms. The molecule has 0 aromatic carbocycles. The highest BCUT2D eigenvalue weighted by molar-refractivity contribution is 5.76. The molecule has 1 spiro atoms. The largest absolute Gasteiger partial charge is 0.346 e. The summed E-state index contributed by atoms with van der Waals surface area (Å²) in [5.41, 5.74) is 0.334. The van der Waals surface area contributed by atoms with E-state index in [9.17, 15) is 9.59 Å². The van der Waals surface area contributed by atoms with E-state index in [0.29, 0.717) is 17.7 Å². The summed E-state index contributed by atoms with van der Waals surface area (Å²) in [5.74, 6) is 0.297. The van der Waals surface area contributed by atoms with Gasteiger partial charge in [-0.3, -0.25) is 9.36 Å². The maximum Gasteiger partial charge on any atom is 0.325 e. The van der Waals surface area contributed by atoms with E-state index in [1.807, 2.05) is 11.9 Å². The van der Waals surface area contributed by atoms with Gasteiger partial charge in [0.15, 0.2) is 0 Å². The van der Waals surface area contributed by atoms with Gasteiger partial charge in [-0.05, 0) is 44.2 Å². The maximum absolute atomic E-state index is 11.9. The molecule has 1 amide bonds. The molecule has 6 nitrogen and oxygen atoms in total. The molecule has 3 rings (SSSR count). The lowest BCUT2D eigenvalue weighted by molar-refractivity contribution is -0.129. The first-order valence-corrected chi connectivity index (χ1v) is 8.28. The lowest BCUT2D eigenvalue weighted by Crippen LogP contribution is -2.42. The zero-order valence-corrected chi connectivity index (χ0v) is 13.4. The van der Waals surface area contributed by atoms with E-state index in [-0.39, 0.29) is 5.69 Å². The average Bonchev–Trinajstić information content (AvgIpc) is 2.89. The topological polar surface area (TPSA) is 61.3 Å². The zero-order valence-electron chi connectivity index (χ0n) is 13.4. The van der Waals surface area contributed by atoms with Crippen molar-refractivity contribution < 1.29 is 4.79 Å². The Kier molecular flexibility index (Phi) is 4.38. The first-order chi connectivity index (χ1) is 10.6. The number of amides is 1. The number of hydrogen-bond acceptors (Lipinski definition) is 3. The van der Waals surface area contributed by atoms with Gasteiger partial charge in [-0.1, -0.05) is 0 Å². The highest BCUT2D eigenvalue weighted by Gasteiger charge is 2.37. The predicted octanol–water partition coefficient (Wildman–Crippen LogP) is 0.901. The quantitative estimate of drug-likeness (QED) is 0.902. The summed E-state index contributed by atoms with van der Waals surface area (Å²) >= 11 is 0. The molecule has 2 saturated heterocycles. The van der Waals surface area contributed by atoms with Gasteiger partial charge >= 0.3 is 5.69 Å². The van der Waals surface area contributed by atoms with Crippen molar-refractivity contribution in [2.24, 2.45) is 5.41 Å². The van der Waals surface area contributed by atoms with Gasteiger partial charge in [-0.25, -0.2) is 4.79 Å². The van der Waals surface area contributed by atoms with E-state index in [1.165, 1.54) is 12.8 Å². The highest BCUT2D eigenvalue weighted by Crippen LogP contribution is 2.41. The number of carbonyl (C=O) groups excluding carboxylic acids is 1. The van der Waals surface area contributed by atoms with Crippen LogP contribution >= 0.6 is 0 Å². The normalized spacial score (nSPS) is 23.0. The molecule has 2 fully saturated rings. The van der Waals surface area contributed by atoms with Crippen molar-refractivity contribution in [2.45, 2.75) is 38.6 Å². The van der Waals surface area contributed by atoms with Gasteiger partial charge in [0.25, 0.3) is 0 Å². The number of nitrogens with one attached hydrogen (secondary N) is 1. The van der Waals surface area contributed by atoms with Crippen molar-refractivity contribution in [1.29, 1.82) is 0 Å². The molecule has 0 saturated carbocycles. The van der Waals surface area contributed by atoms with E-state index in [4.69, 9.17) is 0 Å². The lowest BCUT2D eigenvalue weighted by Gasteiger charge is -2.41. The van der Waals surface area contributed by atoms with E-state index >= 15 is 0 Å². The zero-order chi connectivity index (χ0) is 15.6. The van der Waals surface area contributed by atoms with E-state index < -0.39 is 0 Å². The molecule has 1 aromatic rings. The monoisotopic (exact) mass is 306 g/mol. The van der Waals surface area contributed by atoms with E-state index in [2.05, 4.69) is 9.88 Å². The second-order valence-corrected chi connectivity index (χ2v) is 6.87. The number of nitrogens with zero attached hydrogens (tertiary/aromatic N) is 3. The summed E-state index contributed by atoms with van der Waals surface area (Å²) < 4.78 is 1.73. The number of aromatic amines is 1. The number of likely N-dealkylation sites (tertiary alicyclic amines) is 2. The third-order valence-electron chi connectivity index (χ3n) is 5.57. The van der Waals surface area contributed by atoms with Crippen LogP contribution in [0.1, 0.15) is 32.1 Å². The van der Waals surface area contributed by atoms with Crippen LogP contribution in [-0.4, -0.2) is 58.5 Å². The lowest BCUT2D eigenvalue weighted by atomic mass is 9.73. The fourth-order valence-corrected chi connectivity index (χ4v) is 3.74. The smallest absolute Gasteiger partial charge is 0.325 e. The summed E-state index contributed by atoms with van der Waals surface area (Å²) in [7, 11) is 1.92. The molecule has 2 aliphatic rings. The Morgan fingerprint density at radius 2 is 1.82 bits per heavy atom. The van der Waals surface area contributed by atoms with Crippen LogP contribution in [0.5, 0.6) is 0 Å². The number of H-pyrrole nitrogens is 1. The average molecular weight is 306 g/mol. The molecule has 0 unspecified atom stereocenters. The van der Waals surface area contributed by atoms with Gasteiger partial charge in [0.1, 0.15) is 0 Å². The summed E-state index contributed by atoms with van der Waals surface area (Å²) in [5, 5.41) is 0. The van der Waals surface area contributed by atoms with Gasteiger partial charge in [0.2, 0.25) is 5.91 Å². The maximum atomic E-state index is 11.9. The van der Waals surface area contributed by atoms with Gasteiger partial charge in [0, 0.05) is 45.5 Å². The second-order valence-electron chi connectivity index (χ2n) is 6.87. The van der Waals surface area contributed by atoms with E-state index in [0.717, 1.165) is 45.6 Å². The predicted molar refractivity (Wildman–Crippen MR) is 84.6 cm³/mol. The number of imidazole rings is 1. The van der Waals surface area contributed by atoms with Crippen LogP contribution in [0.25, 0.3) is 0 Å². The summed E-state index contributed by atoms with van der Waals surface area (Å²) in [6.07, 6.45) is 8.73. The Morgan fingerprint density at radius 1 is 1.09 bits per heavy atom. The van der Waals surface area contributed by atoms with Gasteiger partial charge in [-0.2, -0.15) is 0 Å². The van der Waals surface area contributed by atoms with Crippen molar-refractivity contribution in [3.05, 3.63) is 22.9 Å². The minimum Gasteiger partial charge on any atom is -0.346 e. The molecular weight excluding hydrogens is 280 g/mol. The molecule has 122 valence electrons. The number of hydrogen-bond donors (Lipinski definition) is 1. The van der Waals surface area contributed by atoms with Gasteiger partial charge in [0.05, 0.1) is 0 Å². The van der Waals surface area contributed by atoms with Crippen LogP contribution in [0.15, 0.2) is 17.2 Å². The molecule has 22 heavy (non-hydrogen) atoms. The molecular formula is C16H26N4O2. The van der Waals surface area contributed by atoms with Gasteiger partial charge in [-0.15, -0.1) is 0 Å². The van der Waals surface area contributed by atoms with Crippen molar-refractivity contribution >= 4 is 5.91 Å². The van der Waals surface area contributed by atoms with Crippen LogP contribution in [0, 0.1) is 5.41 Å². The van der Waals surface area contributed by atoms with Crippen molar-refractivity contribution in [3.63, 3.8) is 0 Å². The number of piperidine rings is 1. The highest BCUT2D eigenvalue weighted by atomic mass is 16.2. The molecule has 0 atom stereocenters. The first-order valence-electron chi connectivity index (χ1n) is 8.28. The van der Waals surface area contributed by atoms with Gasteiger partial charge < -0.3 is 14.8 Å². The number of aromatic nitrogens is 2. The first kappa shape index (κ1) is 15.3. The van der Waals surface area contributed by atoms with Crippen LogP contribution in [0.3, 0.4) is 0 Å². The third kappa shape index (κ3) is 3.27. The molecule has 1 N–H and O–H groups in total. The fraction of sp³-hybridized carbons (Fsp3) is 0.750. The van der Waals surface area contributed by atoms with Crippen molar-refractivity contribution in [1.82, 2.24) is 19.4 Å². The van der Waals surface area contributed by atoms with Crippen LogP contribution in [-0.2, 0) is 11.3 Å². The number of carbonyl (C=O) groups is 1. The molecule has 0 aliphatic carbocycles. The van der Waals surface area contributed by atoms with Crippen LogP contribution in [0.2, 0.25) is 0 Å². The summed E-state index contributed by atoms with van der Waals surface area (Å²) in [6.45, 7) is 4.73. The second kappa shape index (κ2) is 6.28. The standard InChI is InChI=1S/C16H26N4O2/c1-18-8-4-16(3-2-14(18)21)5-9-19(10-6-16)12-13-20-11-7-17-15(20)22/h7,11H,2-6,8-10,12-13H2,1H3,(H,17,22). The minimum atomic E-state index is -0.0289. The Morgan fingerprint density at radius 3 is 2.50 bits per heavy atom. The van der Waals surface area contributed by atoms with Crippen LogP contribution in [0.4, 0.5) is 0 Å². The SMILES string of the molecule is CN1CCC2(CCC1=O)CCN(CCn1cc[nH]c1=O)CC2. The third-order valence-corrected chi connectivity index (χ3v) is 5.57. The Hall–Kier alpha value is -1.56. The number of rotatable bonds is 3. The summed E-state index contributed by atoms with van der Waals surface area (Å²) in [4.78, 5) is 30.3. The molecule has 2 aliphatic heterocycles. The van der Waals surface area contributed by atoms with E-state index in [1.54, 1.807) is 17.0 Å². The fourth-order valence-electron chi connectivity index (χ4n) is 3.74. The molecule has 0 bridgehead atoms. The Balaban J connectivity index is 1.50. The Bertz CT molecular complexity index is 569. The molecule has 0 radical (unpaired) electrons. The van der Waals surface area contributed by atoms with Crippen LogP contribution < -0.4 is 5.69 Å². The molecule has 3 heterocycles. The van der Waals surface area contributed by atoms with Crippen molar-refractivity contribution in [2.75, 3.05) is 33.2 Å². The molecule has 1 aromatic heterocycles. The summed E-state index contributed by atoms with van der Waals surface area (Å²) in [6, 6.07) is 0. The minimum absolute atomic E-state index is 0.0289. The van der Waals surface area contributed by atoms with Crippen molar-refractivity contribution in [3.8, 4) is 0 Å². The Labute approximate surface area is 131 Å².